The highest BCUT2D eigenvalue weighted by atomic mass is 16.5. The zero-order chi connectivity index (χ0) is 16.3. The van der Waals surface area contributed by atoms with Crippen molar-refractivity contribution >= 4 is 11.9 Å². The van der Waals surface area contributed by atoms with Crippen LogP contribution < -0.4 is 0 Å². The molecule has 0 radical (unpaired) electrons. The van der Waals surface area contributed by atoms with E-state index in [2.05, 4.69) is 10.2 Å². The van der Waals surface area contributed by atoms with Gasteiger partial charge in [0.05, 0.1) is 12.1 Å². The van der Waals surface area contributed by atoms with E-state index in [1.165, 1.54) is 0 Å². The number of nitrogens with one attached hydrogen (secondary N) is 1. The van der Waals surface area contributed by atoms with Gasteiger partial charge in [-0.15, -0.1) is 0 Å². The number of ether oxygens (including phenoxy) is 1. The van der Waals surface area contributed by atoms with Crippen LogP contribution in [0.5, 0.6) is 0 Å². The Morgan fingerprint density at radius 2 is 2.09 bits per heavy atom. The van der Waals surface area contributed by atoms with Gasteiger partial charge in [-0.25, -0.2) is 0 Å². The molecule has 1 aliphatic rings. The molecule has 7 nitrogen and oxygen atoms in total. The molecule has 0 spiro atoms. The van der Waals surface area contributed by atoms with Crippen LogP contribution in [0.2, 0.25) is 0 Å². The van der Waals surface area contributed by atoms with E-state index >= 15 is 0 Å². The molecule has 7 heteroatoms. The first kappa shape index (κ1) is 16.5. The van der Waals surface area contributed by atoms with Crippen molar-refractivity contribution in [2.75, 3.05) is 20.2 Å². The summed E-state index contributed by atoms with van der Waals surface area (Å²) in [6.07, 6.45) is 1.60. The number of amides is 1. The average molecular weight is 309 g/mol. The third-order valence-electron chi connectivity index (χ3n) is 4.22. The largest absolute Gasteiger partial charge is 0.481 e. The van der Waals surface area contributed by atoms with E-state index < -0.39 is 11.6 Å². The molecule has 1 aromatic heterocycles. The summed E-state index contributed by atoms with van der Waals surface area (Å²) in [5.41, 5.74) is 0.698. The quantitative estimate of drug-likeness (QED) is 0.851. The summed E-state index contributed by atoms with van der Waals surface area (Å²) in [7, 11) is 1.54. The topological polar surface area (TPSA) is 95.5 Å². The highest BCUT2D eigenvalue weighted by Gasteiger charge is 2.34. The van der Waals surface area contributed by atoms with E-state index in [1.807, 2.05) is 11.0 Å². The Balaban J connectivity index is 1.93. The molecule has 2 rings (SSSR count). The van der Waals surface area contributed by atoms with Crippen molar-refractivity contribution in [3.8, 4) is 0 Å². The second kappa shape index (κ2) is 6.48. The predicted octanol–water partition coefficient (Wildman–Crippen LogP) is 1.17. The highest BCUT2D eigenvalue weighted by Crippen LogP contribution is 2.28. The lowest BCUT2D eigenvalue weighted by Gasteiger charge is -2.35. The van der Waals surface area contributed by atoms with E-state index in [-0.39, 0.29) is 18.2 Å². The molecule has 1 aliphatic heterocycles. The first-order chi connectivity index (χ1) is 10.3. The fourth-order valence-electron chi connectivity index (χ4n) is 2.69. The van der Waals surface area contributed by atoms with Gasteiger partial charge in [0.2, 0.25) is 0 Å². The molecule has 0 unspecified atom stereocenters. The first-order valence-electron chi connectivity index (χ1n) is 7.44. The summed E-state index contributed by atoms with van der Waals surface area (Å²) in [6, 6.07) is 1.81. The number of aliphatic carboxylic acids is 1. The molecule has 1 saturated heterocycles. The number of carboxylic acid groups (broad SMARTS) is 1. The molecule has 0 saturated carbocycles. The molecule has 22 heavy (non-hydrogen) atoms. The van der Waals surface area contributed by atoms with Gasteiger partial charge < -0.3 is 14.7 Å². The van der Waals surface area contributed by atoms with Gasteiger partial charge in [-0.05, 0) is 32.8 Å². The molecule has 0 atom stereocenters. The number of carbonyl (C=O) groups is 2. The van der Waals surface area contributed by atoms with Crippen molar-refractivity contribution in [3.63, 3.8) is 0 Å². The summed E-state index contributed by atoms with van der Waals surface area (Å²) in [6.45, 7) is 4.87. The Hall–Kier alpha value is -1.89. The molecule has 1 fully saturated rings. The van der Waals surface area contributed by atoms with E-state index in [0.717, 1.165) is 18.5 Å². The number of carboxylic acids is 1. The van der Waals surface area contributed by atoms with Gasteiger partial charge in [0, 0.05) is 31.8 Å². The molecule has 122 valence electrons. The smallest absolute Gasteiger partial charge is 0.309 e. The number of hydrogen-bond acceptors (Lipinski definition) is 4. The van der Waals surface area contributed by atoms with Crippen LogP contribution in [0.15, 0.2) is 6.07 Å². The SMILES string of the molecule is COC(C)(C)C(=O)N1CCC(c2cc(CC(=O)O)[nH]n2)CC1. The van der Waals surface area contributed by atoms with Crippen LogP contribution >= 0.6 is 0 Å². The van der Waals surface area contributed by atoms with Gasteiger partial charge in [-0.2, -0.15) is 5.10 Å². The predicted molar refractivity (Wildman–Crippen MR) is 79.6 cm³/mol. The average Bonchev–Trinajstić information content (AvgIpc) is 2.94. The van der Waals surface area contributed by atoms with Crippen molar-refractivity contribution < 1.29 is 19.4 Å². The third-order valence-corrected chi connectivity index (χ3v) is 4.22. The van der Waals surface area contributed by atoms with Crippen molar-refractivity contribution in [2.45, 2.75) is 44.6 Å². The van der Waals surface area contributed by atoms with Gasteiger partial charge in [0.1, 0.15) is 5.60 Å². The van der Waals surface area contributed by atoms with Crippen LogP contribution in [0.4, 0.5) is 0 Å². The third kappa shape index (κ3) is 3.65. The molecule has 2 N–H and O–H groups in total. The zero-order valence-corrected chi connectivity index (χ0v) is 13.3. The van der Waals surface area contributed by atoms with Gasteiger partial charge in [-0.1, -0.05) is 0 Å². The Labute approximate surface area is 129 Å². The van der Waals surface area contributed by atoms with Gasteiger partial charge in [-0.3, -0.25) is 14.7 Å². The van der Waals surface area contributed by atoms with Crippen molar-refractivity contribution in [2.24, 2.45) is 0 Å². The van der Waals surface area contributed by atoms with E-state index in [0.29, 0.717) is 18.8 Å². The Morgan fingerprint density at radius 3 is 2.64 bits per heavy atom. The number of methoxy groups -OCH3 is 1. The Kier molecular flexibility index (Phi) is 4.85. The number of aromatic nitrogens is 2. The van der Waals surface area contributed by atoms with E-state index in [9.17, 15) is 9.59 Å². The standard InChI is InChI=1S/C15H23N3O4/c1-15(2,22-3)14(21)18-6-4-10(5-7-18)12-8-11(16-17-12)9-13(19)20/h8,10H,4-7,9H2,1-3H3,(H,16,17)(H,19,20). The molecular weight excluding hydrogens is 286 g/mol. The van der Waals surface area contributed by atoms with Crippen molar-refractivity contribution in [1.29, 1.82) is 0 Å². The fourth-order valence-corrected chi connectivity index (χ4v) is 2.69. The summed E-state index contributed by atoms with van der Waals surface area (Å²) in [5.74, 6) is -0.618. The monoisotopic (exact) mass is 309 g/mol. The minimum absolute atomic E-state index is 0.00189. The number of H-pyrrole nitrogens is 1. The molecule has 1 aromatic rings. The Morgan fingerprint density at radius 1 is 1.45 bits per heavy atom. The van der Waals surface area contributed by atoms with Crippen LogP contribution in [-0.2, 0) is 20.7 Å². The lowest BCUT2D eigenvalue weighted by atomic mass is 9.92. The van der Waals surface area contributed by atoms with Crippen LogP contribution in [0, 0.1) is 0 Å². The van der Waals surface area contributed by atoms with Crippen LogP contribution in [0.1, 0.15) is 44.0 Å². The number of nitrogens with zero attached hydrogens (tertiary/aromatic N) is 2. The van der Waals surface area contributed by atoms with Gasteiger partial charge in [0.15, 0.2) is 0 Å². The van der Waals surface area contributed by atoms with Crippen LogP contribution in [-0.4, -0.2) is 57.9 Å². The summed E-state index contributed by atoms with van der Waals surface area (Å²) >= 11 is 0. The lowest BCUT2D eigenvalue weighted by Crippen LogP contribution is -2.49. The van der Waals surface area contributed by atoms with Gasteiger partial charge >= 0.3 is 5.97 Å². The maximum atomic E-state index is 12.3. The second-order valence-corrected chi connectivity index (χ2v) is 6.17. The molecule has 2 heterocycles. The van der Waals surface area contributed by atoms with Crippen molar-refractivity contribution in [3.05, 3.63) is 17.5 Å². The minimum Gasteiger partial charge on any atom is -0.481 e. The summed E-state index contributed by atoms with van der Waals surface area (Å²) in [4.78, 5) is 24.8. The van der Waals surface area contributed by atoms with E-state index in [1.54, 1.807) is 21.0 Å². The van der Waals surface area contributed by atoms with Gasteiger partial charge in [0.25, 0.3) is 5.91 Å². The number of hydrogen-bond donors (Lipinski definition) is 2. The van der Waals surface area contributed by atoms with Crippen LogP contribution in [0.25, 0.3) is 0 Å². The maximum absolute atomic E-state index is 12.3. The minimum atomic E-state index is -0.877. The normalized spacial score (nSPS) is 16.8. The first-order valence-corrected chi connectivity index (χ1v) is 7.44. The highest BCUT2D eigenvalue weighted by molar-refractivity contribution is 5.84. The molecular formula is C15H23N3O4. The molecule has 1 amide bonds. The number of piperidine rings is 1. The number of likely N-dealkylation sites (tertiary alicyclic amines) is 1. The fraction of sp³-hybridized carbons (Fsp3) is 0.667. The number of aromatic amines is 1. The molecule has 0 aromatic carbocycles. The van der Waals surface area contributed by atoms with E-state index in [4.69, 9.17) is 9.84 Å². The maximum Gasteiger partial charge on any atom is 0.309 e. The van der Waals surface area contributed by atoms with Crippen molar-refractivity contribution in [1.82, 2.24) is 15.1 Å². The van der Waals surface area contributed by atoms with Crippen LogP contribution in [0.3, 0.4) is 0 Å². The lowest BCUT2D eigenvalue weighted by molar-refractivity contribution is -0.152. The summed E-state index contributed by atoms with van der Waals surface area (Å²) < 4.78 is 5.24. The second-order valence-electron chi connectivity index (χ2n) is 6.17. The number of rotatable bonds is 5. The molecule has 0 aliphatic carbocycles. The zero-order valence-electron chi connectivity index (χ0n) is 13.3. The molecule has 0 bridgehead atoms. The number of carbonyl (C=O) groups excluding carboxylic acids is 1. The Bertz CT molecular complexity index is 545. The summed E-state index contributed by atoms with van der Waals surface area (Å²) in [5, 5.41) is 15.8.